The van der Waals surface area contributed by atoms with Crippen molar-refractivity contribution in [3.05, 3.63) is 90.0 Å². The summed E-state index contributed by atoms with van der Waals surface area (Å²) in [7, 11) is 0. The smallest absolute Gasteiger partial charge is 0.343 e. The Morgan fingerprint density at radius 1 is 0.806 bits per heavy atom. The van der Waals surface area contributed by atoms with Gasteiger partial charge in [0.25, 0.3) is 0 Å². The van der Waals surface area contributed by atoms with Gasteiger partial charge in [-0.3, -0.25) is 0 Å². The molecule has 0 saturated heterocycles. The molecule has 3 rings (SSSR count). The number of ether oxygens (including phenoxy) is 3. The molecule has 7 heteroatoms. The van der Waals surface area contributed by atoms with Crippen LogP contribution in [0, 0.1) is 0 Å². The Morgan fingerprint density at radius 3 is 2.13 bits per heavy atom. The standard InChI is InChI=1S/C24H22N2O5/c25-19-14-18(15-20(26)16-19)24(28)31-22-9-7-21(8-10-22)29-12-13-30-23(27)11-6-17-4-2-1-3-5-17/h1-11,14-16H,12-13,25-26H2/b11-6-. The van der Waals surface area contributed by atoms with Gasteiger partial charge in [-0.05, 0) is 54.1 Å². The van der Waals surface area contributed by atoms with Gasteiger partial charge in [0.2, 0.25) is 0 Å². The lowest BCUT2D eigenvalue weighted by atomic mass is 10.2. The van der Waals surface area contributed by atoms with E-state index in [2.05, 4.69) is 0 Å². The van der Waals surface area contributed by atoms with Crippen LogP contribution in [-0.4, -0.2) is 25.2 Å². The van der Waals surface area contributed by atoms with E-state index in [1.807, 2.05) is 30.3 Å². The lowest BCUT2D eigenvalue weighted by molar-refractivity contribution is -0.138. The van der Waals surface area contributed by atoms with Gasteiger partial charge in [-0.25, -0.2) is 9.59 Å². The molecule has 0 saturated carbocycles. The van der Waals surface area contributed by atoms with Crippen LogP contribution in [0.5, 0.6) is 11.5 Å². The molecule has 0 aliphatic rings. The molecular formula is C24H22N2O5. The summed E-state index contributed by atoms with van der Waals surface area (Å²) in [5.74, 6) is -0.125. The summed E-state index contributed by atoms with van der Waals surface area (Å²) in [4.78, 5) is 23.9. The molecule has 0 aliphatic carbocycles. The Labute approximate surface area is 179 Å². The molecular weight excluding hydrogens is 396 g/mol. The van der Waals surface area contributed by atoms with E-state index in [0.717, 1.165) is 5.56 Å². The average Bonchev–Trinajstić information content (AvgIpc) is 2.76. The third-order valence-corrected chi connectivity index (χ3v) is 4.06. The quantitative estimate of drug-likeness (QED) is 0.188. The highest BCUT2D eigenvalue weighted by Crippen LogP contribution is 2.20. The highest BCUT2D eigenvalue weighted by Gasteiger charge is 2.10. The van der Waals surface area contributed by atoms with Crippen LogP contribution < -0.4 is 20.9 Å². The number of carbonyl (C=O) groups is 2. The number of carbonyl (C=O) groups excluding carboxylic acids is 2. The number of hydrogen-bond donors (Lipinski definition) is 2. The molecule has 0 heterocycles. The van der Waals surface area contributed by atoms with E-state index in [-0.39, 0.29) is 18.8 Å². The van der Waals surface area contributed by atoms with Gasteiger partial charge >= 0.3 is 11.9 Å². The Morgan fingerprint density at radius 2 is 1.45 bits per heavy atom. The molecule has 3 aromatic rings. The molecule has 0 aliphatic heterocycles. The fourth-order valence-corrected chi connectivity index (χ4v) is 2.64. The summed E-state index contributed by atoms with van der Waals surface area (Å²) < 4.78 is 15.9. The molecule has 0 fully saturated rings. The van der Waals surface area contributed by atoms with Gasteiger partial charge in [0.05, 0.1) is 5.56 Å². The van der Waals surface area contributed by atoms with Gasteiger partial charge in [0, 0.05) is 17.5 Å². The second kappa shape index (κ2) is 10.5. The highest BCUT2D eigenvalue weighted by atomic mass is 16.6. The van der Waals surface area contributed by atoms with Crippen LogP contribution in [0.3, 0.4) is 0 Å². The molecule has 0 aromatic heterocycles. The fourth-order valence-electron chi connectivity index (χ4n) is 2.64. The lowest BCUT2D eigenvalue weighted by Gasteiger charge is -2.08. The third-order valence-electron chi connectivity index (χ3n) is 4.06. The number of hydrogen-bond acceptors (Lipinski definition) is 7. The molecule has 0 radical (unpaired) electrons. The largest absolute Gasteiger partial charge is 0.490 e. The molecule has 0 spiro atoms. The second-order valence-corrected chi connectivity index (χ2v) is 6.51. The summed E-state index contributed by atoms with van der Waals surface area (Å²) in [5.41, 5.74) is 13.3. The molecule has 158 valence electrons. The van der Waals surface area contributed by atoms with Crippen LogP contribution in [0.4, 0.5) is 11.4 Å². The predicted molar refractivity (Wildman–Crippen MR) is 119 cm³/mol. The number of nitrogen functional groups attached to an aromatic ring is 2. The number of esters is 2. The first-order valence-corrected chi connectivity index (χ1v) is 9.50. The zero-order valence-corrected chi connectivity index (χ0v) is 16.7. The summed E-state index contributed by atoms with van der Waals surface area (Å²) in [6.45, 7) is 0.290. The predicted octanol–water partition coefficient (Wildman–Crippen LogP) is 3.71. The topological polar surface area (TPSA) is 114 Å². The minimum Gasteiger partial charge on any atom is -0.490 e. The maximum atomic E-state index is 12.2. The fraction of sp³-hybridized carbons (Fsp3) is 0.0833. The number of anilines is 2. The first kappa shape index (κ1) is 21.4. The molecule has 7 nitrogen and oxygen atoms in total. The van der Waals surface area contributed by atoms with Crippen molar-refractivity contribution in [1.82, 2.24) is 0 Å². The average molecular weight is 418 g/mol. The Kier molecular flexibility index (Phi) is 7.26. The summed E-state index contributed by atoms with van der Waals surface area (Å²) in [5, 5.41) is 0. The first-order chi connectivity index (χ1) is 15.0. The van der Waals surface area contributed by atoms with Crippen LogP contribution in [-0.2, 0) is 9.53 Å². The van der Waals surface area contributed by atoms with E-state index >= 15 is 0 Å². The van der Waals surface area contributed by atoms with Crippen molar-refractivity contribution in [3.63, 3.8) is 0 Å². The number of nitrogens with two attached hydrogens (primary N) is 2. The number of rotatable bonds is 8. The van der Waals surface area contributed by atoms with Crippen molar-refractivity contribution in [2.24, 2.45) is 0 Å². The van der Waals surface area contributed by atoms with Crippen molar-refractivity contribution in [2.45, 2.75) is 0 Å². The van der Waals surface area contributed by atoms with E-state index in [9.17, 15) is 9.59 Å². The zero-order chi connectivity index (χ0) is 22.1. The van der Waals surface area contributed by atoms with Crippen LogP contribution in [0.1, 0.15) is 15.9 Å². The molecule has 0 amide bonds. The van der Waals surface area contributed by atoms with E-state index in [4.69, 9.17) is 25.7 Å². The normalized spacial score (nSPS) is 10.6. The van der Waals surface area contributed by atoms with Crippen molar-refractivity contribution < 1.29 is 23.8 Å². The van der Waals surface area contributed by atoms with E-state index < -0.39 is 11.9 Å². The van der Waals surface area contributed by atoms with Crippen molar-refractivity contribution in [3.8, 4) is 11.5 Å². The van der Waals surface area contributed by atoms with Gasteiger partial charge in [0.1, 0.15) is 24.7 Å². The molecule has 4 N–H and O–H groups in total. The van der Waals surface area contributed by atoms with E-state index in [1.165, 1.54) is 18.2 Å². The van der Waals surface area contributed by atoms with Crippen molar-refractivity contribution >= 4 is 29.4 Å². The molecule has 3 aromatic carbocycles. The monoisotopic (exact) mass is 418 g/mol. The van der Waals surface area contributed by atoms with Gasteiger partial charge in [0.15, 0.2) is 0 Å². The Bertz CT molecular complexity index is 1040. The highest BCUT2D eigenvalue weighted by molar-refractivity contribution is 5.93. The summed E-state index contributed by atoms with van der Waals surface area (Å²) in [6.07, 6.45) is 3.05. The first-order valence-electron chi connectivity index (χ1n) is 9.50. The summed E-state index contributed by atoms with van der Waals surface area (Å²) in [6, 6.07) is 20.5. The molecule has 0 unspecified atom stereocenters. The zero-order valence-electron chi connectivity index (χ0n) is 16.7. The Balaban J connectivity index is 1.41. The van der Waals surface area contributed by atoms with Crippen molar-refractivity contribution in [1.29, 1.82) is 0 Å². The molecule has 31 heavy (non-hydrogen) atoms. The van der Waals surface area contributed by atoms with Gasteiger partial charge in [-0.15, -0.1) is 0 Å². The van der Waals surface area contributed by atoms with Gasteiger partial charge in [-0.1, -0.05) is 30.3 Å². The SMILES string of the molecule is Nc1cc(N)cc(C(=O)Oc2ccc(OCCOC(=O)/C=C\c3ccccc3)cc2)c1. The van der Waals surface area contributed by atoms with Gasteiger partial charge in [-0.2, -0.15) is 0 Å². The Hall–Kier alpha value is -4.26. The molecule has 0 bridgehead atoms. The maximum Gasteiger partial charge on any atom is 0.343 e. The van der Waals surface area contributed by atoms with Crippen LogP contribution in [0.2, 0.25) is 0 Å². The maximum absolute atomic E-state index is 12.2. The van der Waals surface area contributed by atoms with E-state index in [0.29, 0.717) is 22.9 Å². The summed E-state index contributed by atoms with van der Waals surface area (Å²) >= 11 is 0. The molecule has 0 atom stereocenters. The van der Waals surface area contributed by atoms with Crippen LogP contribution in [0.15, 0.2) is 78.9 Å². The minimum absolute atomic E-state index is 0.103. The second-order valence-electron chi connectivity index (χ2n) is 6.51. The number of benzene rings is 3. The minimum atomic E-state index is -0.567. The van der Waals surface area contributed by atoms with Crippen molar-refractivity contribution in [2.75, 3.05) is 24.7 Å². The third kappa shape index (κ3) is 6.93. The van der Waals surface area contributed by atoms with E-state index in [1.54, 1.807) is 36.4 Å². The van der Waals surface area contributed by atoms with Gasteiger partial charge < -0.3 is 25.7 Å². The van der Waals surface area contributed by atoms with Crippen LogP contribution in [0.25, 0.3) is 6.08 Å². The van der Waals surface area contributed by atoms with Crippen LogP contribution >= 0.6 is 0 Å². The lowest BCUT2D eigenvalue weighted by Crippen LogP contribution is -2.11.